The highest BCUT2D eigenvalue weighted by Crippen LogP contribution is 2.49. The van der Waals surface area contributed by atoms with Gasteiger partial charge in [-0.25, -0.2) is 0 Å². The normalized spacial score (nSPS) is 27.8. The van der Waals surface area contributed by atoms with Crippen molar-refractivity contribution in [1.29, 1.82) is 0 Å². The molecule has 6 nitrogen and oxygen atoms in total. The van der Waals surface area contributed by atoms with Crippen LogP contribution in [0.2, 0.25) is 0 Å². The molecule has 1 aromatic carbocycles. The predicted molar refractivity (Wildman–Crippen MR) is 130 cm³/mol. The summed E-state index contributed by atoms with van der Waals surface area (Å²) in [5.41, 5.74) is 4.76. The lowest BCUT2D eigenvalue weighted by atomic mass is 9.70. The average molecular weight is 551 g/mol. The van der Waals surface area contributed by atoms with Crippen molar-refractivity contribution in [3.8, 4) is 11.5 Å². The Morgan fingerprint density at radius 2 is 2.06 bits per heavy atom. The first-order valence-corrected chi connectivity index (χ1v) is 12.2. The number of likely N-dealkylation sites (tertiary alicyclic amines) is 1. The number of ether oxygens (including phenoxy) is 2. The molecular weight excluding hydrogens is 521 g/mol. The van der Waals surface area contributed by atoms with E-state index in [0.717, 1.165) is 28.4 Å². The second kappa shape index (κ2) is 9.17. The molecule has 2 heterocycles. The van der Waals surface area contributed by atoms with Crippen LogP contribution >= 0.6 is 22.6 Å². The molecule has 4 atom stereocenters. The molecule has 172 valence electrons. The van der Waals surface area contributed by atoms with Crippen LogP contribution in [0.15, 0.2) is 28.9 Å². The largest absolute Gasteiger partial charge is 0.504 e. The zero-order chi connectivity index (χ0) is 23.2. The standard InChI is InChI=1S/C25H30INO5/c1-5-14(9-15-10-18(26)23(28)20(11-15)31-4)6-7-19-21-13(2)8-16-22(17(21)12-32-19)25(30)27(3)24(16)29/h9-11,16-17,19,22,28H,5-8,12H2,1-4H3/b14-9+/t16-,17+,19-,22-/m1/s1. The number of phenolic OH excluding ortho intramolecular Hbond substituents is 1. The van der Waals surface area contributed by atoms with Gasteiger partial charge < -0.3 is 14.6 Å². The Morgan fingerprint density at radius 1 is 1.31 bits per heavy atom. The first kappa shape index (κ1) is 23.3. The van der Waals surface area contributed by atoms with Crippen LogP contribution in [0.1, 0.15) is 45.1 Å². The van der Waals surface area contributed by atoms with E-state index in [1.165, 1.54) is 21.6 Å². The van der Waals surface area contributed by atoms with Gasteiger partial charge >= 0.3 is 0 Å². The third-order valence-corrected chi connectivity index (χ3v) is 8.02. The predicted octanol–water partition coefficient (Wildman–Crippen LogP) is 4.55. The van der Waals surface area contributed by atoms with E-state index < -0.39 is 0 Å². The molecule has 2 aliphatic heterocycles. The maximum atomic E-state index is 12.7. The van der Waals surface area contributed by atoms with Crippen LogP contribution in [0, 0.1) is 21.3 Å². The van der Waals surface area contributed by atoms with Crippen molar-refractivity contribution in [3.05, 3.63) is 38.0 Å². The first-order chi connectivity index (χ1) is 15.3. The Kier molecular flexibility index (Phi) is 6.68. The van der Waals surface area contributed by atoms with Gasteiger partial charge in [-0.05, 0) is 78.5 Å². The number of methoxy groups -OCH3 is 1. The van der Waals surface area contributed by atoms with Crippen molar-refractivity contribution in [3.63, 3.8) is 0 Å². The summed E-state index contributed by atoms with van der Waals surface area (Å²) in [6, 6.07) is 3.80. The van der Waals surface area contributed by atoms with E-state index in [-0.39, 0.29) is 41.4 Å². The van der Waals surface area contributed by atoms with E-state index in [0.29, 0.717) is 18.8 Å². The number of aromatic hydroxyl groups is 1. The Bertz CT molecular complexity index is 1010. The summed E-state index contributed by atoms with van der Waals surface area (Å²) in [5, 5.41) is 10.1. The summed E-state index contributed by atoms with van der Waals surface area (Å²) in [4.78, 5) is 26.5. The van der Waals surface area contributed by atoms with Gasteiger partial charge in [-0.1, -0.05) is 24.1 Å². The van der Waals surface area contributed by atoms with Crippen LogP contribution in [0.3, 0.4) is 0 Å². The van der Waals surface area contributed by atoms with Gasteiger partial charge in [-0.15, -0.1) is 0 Å². The summed E-state index contributed by atoms with van der Waals surface area (Å²) < 4.78 is 12.2. The SMILES string of the molecule is CC/C(=C\c1cc(I)c(O)c(OC)c1)CC[C@H]1OC[C@H]2C1=C(C)C[C@H]1C(=O)N(C)C(=O)[C@H]12. The second-order valence-electron chi connectivity index (χ2n) is 8.98. The van der Waals surface area contributed by atoms with Crippen molar-refractivity contribution in [2.24, 2.45) is 17.8 Å². The third kappa shape index (κ3) is 3.98. The molecule has 7 heteroatoms. The van der Waals surface area contributed by atoms with Gasteiger partial charge in [-0.2, -0.15) is 0 Å². The summed E-state index contributed by atoms with van der Waals surface area (Å²) in [5.74, 6) is 0.0835. The number of carbonyl (C=O) groups excluding carboxylic acids is 2. The van der Waals surface area contributed by atoms with Crippen LogP contribution in [0.5, 0.6) is 11.5 Å². The van der Waals surface area contributed by atoms with Crippen molar-refractivity contribution < 1.29 is 24.2 Å². The minimum absolute atomic E-state index is 0.000742. The zero-order valence-electron chi connectivity index (χ0n) is 19.0. The van der Waals surface area contributed by atoms with Gasteiger partial charge in [0.2, 0.25) is 11.8 Å². The van der Waals surface area contributed by atoms with Crippen LogP contribution in [0.25, 0.3) is 6.08 Å². The van der Waals surface area contributed by atoms with Gasteiger partial charge in [0.25, 0.3) is 0 Å². The molecule has 1 aromatic rings. The molecule has 1 N–H and O–H groups in total. The molecule has 3 aliphatic rings. The number of allylic oxidation sites excluding steroid dienone is 2. The maximum absolute atomic E-state index is 12.7. The number of amides is 2. The van der Waals surface area contributed by atoms with E-state index in [1.54, 1.807) is 14.2 Å². The van der Waals surface area contributed by atoms with Crippen molar-refractivity contribution in [2.75, 3.05) is 20.8 Å². The smallest absolute Gasteiger partial charge is 0.233 e. The quantitative estimate of drug-likeness (QED) is 0.319. The van der Waals surface area contributed by atoms with Crippen LogP contribution in [0.4, 0.5) is 0 Å². The molecule has 0 radical (unpaired) electrons. The number of nitrogens with zero attached hydrogens (tertiary/aromatic N) is 1. The van der Waals surface area contributed by atoms with Crippen molar-refractivity contribution in [2.45, 2.75) is 45.6 Å². The van der Waals surface area contributed by atoms with Gasteiger partial charge in [0.15, 0.2) is 11.5 Å². The fourth-order valence-electron chi connectivity index (χ4n) is 5.52. The number of fused-ring (bicyclic) bond motifs is 3. The Morgan fingerprint density at radius 3 is 2.75 bits per heavy atom. The molecule has 2 saturated heterocycles. The van der Waals surface area contributed by atoms with E-state index in [2.05, 4.69) is 42.5 Å². The number of hydrogen-bond acceptors (Lipinski definition) is 5. The molecule has 0 bridgehead atoms. The highest BCUT2D eigenvalue weighted by molar-refractivity contribution is 14.1. The topological polar surface area (TPSA) is 76.1 Å². The molecule has 32 heavy (non-hydrogen) atoms. The maximum Gasteiger partial charge on any atom is 0.233 e. The Labute approximate surface area is 202 Å². The molecule has 0 saturated carbocycles. The molecule has 2 amide bonds. The third-order valence-electron chi connectivity index (χ3n) is 7.20. The van der Waals surface area contributed by atoms with Gasteiger partial charge in [0.1, 0.15) is 0 Å². The summed E-state index contributed by atoms with van der Waals surface area (Å²) in [6.07, 6.45) is 5.46. The summed E-state index contributed by atoms with van der Waals surface area (Å²) >= 11 is 2.11. The number of halogens is 1. The minimum Gasteiger partial charge on any atom is -0.504 e. The lowest BCUT2D eigenvalue weighted by Gasteiger charge is -2.30. The fraction of sp³-hybridized carbons (Fsp3) is 0.520. The van der Waals surface area contributed by atoms with Gasteiger partial charge in [0, 0.05) is 13.0 Å². The van der Waals surface area contributed by atoms with Crippen LogP contribution in [-0.4, -0.2) is 48.7 Å². The molecule has 2 fully saturated rings. The molecule has 0 unspecified atom stereocenters. The number of hydrogen-bond donors (Lipinski definition) is 1. The summed E-state index contributed by atoms with van der Waals surface area (Å²) in [6.45, 7) is 4.75. The highest BCUT2D eigenvalue weighted by Gasteiger charge is 2.55. The molecule has 0 aromatic heterocycles. The number of benzene rings is 1. The van der Waals surface area contributed by atoms with E-state index in [9.17, 15) is 14.7 Å². The average Bonchev–Trinajstić information content (AvgIpc) is 3.29. The molecule has 1 aliphatic carbocycles. The monoisotopic (exact) mass is 551 g/mol. The van der Waals surface area contributed by atoms with E-state index in [1.807, 2.05) is 12.1 Å². The van der Waals surface area contributed by atoms with E-state index in [4.69, 9.17) is 9.47 Å². The van der Waals surface area contributed by atoms with Crippen molar-refractivity contribution in [1.82, 2.24) is 4.90 Å². The number of phenols is 1. The number of carbonyl (C=O) groups is 2. The lowest BCUT2D eigenvalue weighted by Crippen LogP contribution is -2.33. The lowest BCUT2D eigenvalue weighted by molar-refractivity contribution is -0.138. The molecule has 4 rings (SSSR count). The number of imide groups is 1. The minimum atomic E-state index is -0.260. The Balaban J connectivity index is 1.51. The zero-order valence-corrected chi connectivity index (χ0v) is 21.1. The highest BCUT2D eigenvalue weighted by atomic mass is 127. The number of rotatable bonds is 6. The van der Waals surface area contributed by atoms with Crippen LogP contribution in [-0.2, 0) is 14.3 Å². The molecule has 0 spiro atoms. The van der Waals surface area contributed by atoms with Crippen LogP contribution < -0.4 is 4.74 Å². The second-order valence-corrected chi connectivity index (χ2v) is 10.1. The first-order valence-electron chi connectivity index (χ1n) is 11.1. The Hall–Kier alpha value is -1.87. The van der Waals surface area contributed by atoms with Gasteiger partial charge in [-0.3, -0.25) is 14.5 Å². The van der Waals surface area contributed by atoms with Crippen molar-refractivity contribution >= 4 is 40.5 Å². The molecular formula is C25H30INO5. The fourth-order valence-corrected chi connectivity index (χ4v) is 6.15. The van der Waals surface area contributed by atoms with E-state index >= 15 is 0 Å². The van der Waals surface area contributed by atoms with Gasteiger partial charge in [0.05, 0.1) is 35.2 Å². The summed E-state index contributed by atoms with van der Waals surface area (Å²) in [7, 11) is 3.15.